The summed E-state index contributed by atoms with van der Waals surface area (Å²) in [4.78, 5) is 52.2. The Morgan fingerprint density at radius 1 is 0.944 bits per heavy atom. The number of rotatable bonds is 10. The number of carboxylic acids is 1. The lowest BCUT2D eigenvalue weighted by Gasteiger charge is -2.29. The minimum absolute atomic E-state index is 0.0616. The molecule has 1 aliphatic heterocycles. The molecular formula is C26H32N4O6. The highest BCUT2D eigenvalue weighted by Gasteiger charge is 2.38. The molecule has 0 aliphatic carbocycles. The predicted molar refractivity (Wildman–Crippen MR) is 132 cm³/mol. The van der Waals surface area contributed by atoms with E-state index in [2.05, 4.69) is 10.6 Å². The molecule has 0 bridgehead atoms. The maximum absolute atomic E-state index is 13.5. The van der Waals surface area contributed by atoms with E-state index in [9.17, 15) is 29.4 Å². The first-order valence-corrected chi connectivity index (χ1v) is 11.9. The molecule has 10 nitrogen and oxygen atoms in total. The topological polar surface area (TPSA) is 162 Å². The van der Waals surface area contributed by atoms with Gasteiger partial charge in [0, 0.05) is 19.4 Å². The van der Waals surface area contributed by atoms with Gasteiger partial charge in [-0.1, -0.05) is 42.5 Å². The van der Waals surface area contributed by atoms with Crippen molar-refractivity contribution in [1.82, 2.24) is 15.5 Å². The second-order valence-corrected chi connectivity index (χ2v) is 9.00. The zero-order chi connectivity index (χ0) is 26.2. The van der Waals surface area contributed by atoms with Crippen molar-refractivity contribution in [2.24, 2.45) is 5.73 Å². The van der Waals surface area contributed by atoms with Crippen molar-refractivity contribution >= 4 is 23.7 Å². The summed E-state index contributed by atoms with van der Waals surface area (Å²) in [6, 6.07) is 11.4. The number of nitrogens with zero attached hydrogens (tertiary/aromatic N) is 1. The normalized spacial score (nSPS) is 17.6. The fourth-order valence-electron chi connectivity index (χ4n) is 4.19. The van der Waals surface area contributed by atoms with Crippen LogP contribution in [0, 0.1) is 0 Å². The highest BCUT2D eigenvalue weighted by molar-refractivity contribution is 5.94. The fraction of sp³-hybridized carbons (Fsp3) is 0.385. The van der Waals surface area contributed by atoms with Gasteiger partial charge in [-0.2, -0.15) is 0 Å². The largest absolute Gasteiger partial charge is 0.508 e. The maximum atomic E-state index is 13.5. The number of carboxylic acid groups (broad SMARTS) is 1. The molecule has 2 aromatic rings. The molecule has 36 heavy (non-hydrogen) atoms. The molecule has 6 N–H and O–H groups in total. The van der Waals surface area contributed by atoms with E-state index in [0.717, 1.165) is 5.56 Å². The Kier molecular flexibility index (Phi) is 9.02. The second-order valence-electron chi connectivity index (χ2n) is 9.00. The summed E-state index contributed by atoms with van der Waals surface area (Å²) in [7, 11) is 0. The molecule has 4 atom stereocenters. The Labute approximate surface area is 209 Å². The van der Waals surface area contributed by atoms with Crippen LogP contribution >= 0.6 is 0 Å². The van der Waals surface area contributed by atoms with Gasteiger partial charge in [0.05, 0.1) is 6.04 Å². The number of amides is 3. The van der Waals surface area contributed by atoms with Crippen LogP contribution in [0.4, 0.5) is 0 Å². The highest BCUT2D eigenvalue weighted by Crippen LogP contribution is 2.20. The van der Waals surface area contributed by atoms with Crippen LogP contribution in [0.25, 0.3) is 0 Å². The van der Waals surface area contributed by atoms with Crippen molar-refractivity contribution in [3.8, 4) is 5.75 Å². The van der Waals surface area contributed by atoms with Gasteiger partial charge >= 0.3 is 5.97 Å². The SMILES string of the molecule is CC(N)C(=O)NC(Cc1ccc(O)cc1)C(=O)NC(Cc1ccccc1)C(=O)N1CCCC1C(=O)O. The van der Waals surface area contributed by atoms with E-state index in [1.54, 1.807) is 12.1 Å². The minimum atomic E-state index is -1.08. The zero-order valence-electron chi connectivity index (χ0n) is 20.1. The molecule has 1 heterocycles. The van der Waals surface area contributed by atoms with E-state index in [1.807, 2.05) is 30.3 Å². The number of likely N-dealkylation sites (tertiary alicyclic amines) is 1. The maximum Gasteiger partial charge on any atom is 0.326 e. The average Bonchev–Trinajstić information content (AvgIpc) is 3.35. The van der Waals surface area contributed by atoms with Gasteiger partial charge in [0.1, 0.15) is 23.9 Å². The Hall–Kier alpha value is -3.92. The Balaban J connectivity index is 1.85. The summed E-state index contributed by atoms with van der Waals surface area (Å²) in [5.41, 5.74) is 7.15. The summed E-state index contributed by atoms with van der Waals surface area (Å²) < 4.78 is 0. The lowest BCUT2D eigenvalue weighted by molar-refractivity contribution is -0.149. The quantitative estimate of drug-likeness (QED) is 0.321. The highest BCUT2D eigenvalue weighted by atomic mass is 16.4. The van der Waals surface area contributed by atoms with Crippen molar-refractivity contribution in [1.29, 1.82) is 0 Å². The Morgan fingerprint density at radius 2 is 1.53 bits per heavy atom. The van der Waals surface area contributed by atoms with Crippen molar-refractivity contribution in [3.63, 3.8) is 0 Å². The number of benzene rings is 2. The van der Waals surface area contributed by atoms with Crippen molar-refractivity contribution in [3.05, 3.63) is 65.7 Å². The molecule has 0 radical (unpaired) electrons. The van der Waals surface area contributed by atoms with Crippen LogP contribution in [0.5, 0.6) is 5.75 Å². The number of phenols is 1. The minimum Gasteiger partial charge on any atom is -0.508 e. The predicted octanol–water partition coefficient (Wildman–Crippen LogP) is 0.570. The summed E-state index contributed by atoms with van der Waals surface area (Å²) >= 11 is 0. The standard InChI is InChI=1S/C26H32N4O6/c1-16(27)23(32)28-20(14-18-9-11-19(31)12-10-18)24(33)29-21(15-17-6-3-2-4-7-17)25(34)30-13-5-8-22(30)26(35)36/h2-4,6-7,9-12,16,20-22,31H,5,8,13-15,27H2,1H3,(H,28,32)(H,29,33)(H,35,36). The number of nitrogens with two attached hydrogens (primary N) is 1. The average molecular weight is 497 g/mol. The first kappa shape index (κ1) is 26.7. The molecular weight excluding hydrogens is 464 g/mol. The smallest absolute Gasteiger partial charge is 0.326 e. The molecule has 0 spiro atoms. The number of carbonyl (C=O) groups is 4. The molecule has 1 saturated heterocycles. The van der Waals surface area contributed by atoms with Gasteiger partial charge in [0.25, 0.3) is 0 Å². The molecule has 3 amide bonds. The first-order valence-electron chi connectivity index (χ1n) is 11.9. The molecule has 192 valence electrons. The molecule has 0 saturated carbocycles. The number of aliphatic carboxylic acids is 1. The Bertz CT molecular complexity index is 1070. The second kappa shape index (κ2) is 12.2. The van der Waals surface area contributed by atoms with E-state index < -0.39 is 47.9 Å². The van der Waals surface area contributed by atoms with Crippen LogP contribution in [0.15, 0.2) is 54.6 Å². The zero-order valence-corrected chi connectivity index (χ0v) is 20.1. The monoisotopic (exact) mass is 496 g/mol. The summed E-state index contributed by atoms with van der Waals surface area (Å²) in [5, 5.41) is 24.5. The van der Waals surface area contributed by atoms with Crippen LogP contribution in [-0.4, -0.2) is 69.5 Å². The molecule has 10 heteroatoms. The van der Waals surface area contributed by atoms with E-state index in [-0.39, 0.29) is 25.1 Å². The van der Waals surface area contributed by atoms with E-state index in [1.165, 1.54) is 24.0 Å². The molecule has 4 unspecified atom stereocenters. The van der Waals surface area contributed by atoms with Gasteiger partial charge in [0.15, 0.2) is 0 Å². The van der Waals surface area contributed by atoms with Gasteiger partial charge in [0.2, 0.25) is 17.7 Å². The first-order chi connectivity index (χ1) is 17.2. The number of aromatic hydroxyl groups is 1. The third-order valence-corrected chi connectivity index (χ3v) is 6.14. The lowest BCUT2D eigenvalue weighted by atomic mass is 10.0. The third kappa shape index (κ3) is 7.05. The number of nitrogens with one attached hydrogen (secondary N) is 2. The van der Waals surface area contributed by atoms with Crippen LogP contribution in [0.2, 0.25) is 0 Å². The van der Waals surface area contributed by atoms with Gasteiger partial charge in [-0.05, 0) is 43.0 Å². The molecule has 0 aromatic heterocycles. The molecule has 3 rings (SSSR count). The van der Waals surface area contributed by atoms with Gasteiger partial charge in [-0.25, -0.2) is 4.79 Å². The van der Waals surface area contributed by atoms with E-state index in [4.69, 9.17) is 5.73 Å². The fourth-order valence-corrected chi connectivity index (χ4v) is 4.19. The van der Waals surface area contributed by atoms with Crippen LogP contribution in [-0.2, 0) is 32.0 Å². The van der Waals surface area contributed by atoms with Crippen molar-refractivity contribution in [2.45, 2.75) is 56.8 Å². The van der Waals surface area contributed by atoms with E-state index >= 15 is 0 Å². The van der Waals surface area contributed by atoms with Crippen LogP contribution < -0.4 is 16.4 Å². The number of hydrogen-bond acceptors (Lipinski definition) is 6. The summed E-state index contributed by atoms with van der Waals surface area (Å²) in [6.45, 7) is 1.78. The molecule has 2 aromatic carbocycles. The number of carbonyl (C=O) groups excluding carboxylic acids is 3. The number of phenolic OH excluding ortho intramolecular Hbond substituents is 1. The van der Waals surface area contributed by atoms with Gasteiger partial charge < -0.3 is 31.5 Å². The summed E-state index contributed by atoms with van der Waals surface area (Å²) in [5.74, 6) is -2.65. The third-order valence-electron chi connectivity index (χ3n) is 6.14. The molecule has 1 aliphatic rings. The Morgan fingerprint density at radius 3 is 2.14 bits per heavy atom. The van der Waals surface area contributed by atoms with Gasteiger partial charge in [-0.15, -0.1) is 0 Å². The van der Waals surface area contributed by atoms with Crippen LogP contribution in [0.1, 0.15) is 30.9 Å². The summed E-state index contributed by atoms with van der Waals surface area (Å²) in [6.07, 6.45) is 1.16. The van der Waals surface area contributed by atoms with Gasteiger partial charge in [-0.3, -0.25) is 14.4 Å². The van der Waals surface area contributed by atoms with Crippen LogP contribution in [0.3, 0.4) is 0 Å². The van der Waals surface area contributed by atoms with Crippen molar-refractivity contribution < 1.29 is 29.4 Å². The number of hydrogen-bond donors (Lipinski definition) is 5. The van der Waals surface area contributed by atoms with E-state index in [0.29, 0.717) is 18.4 Å². The van der Waals surface area contributed by atoms with Crippen molar-refractivity contribution in [2.75, 3.05) is 6.54 Å². The molecule has 1 fully saturated rings. The lowest BCUT2D eigenvalue weighted by Crippen LogP contribution is -2.58.